The van der Waals surface area contributed by atoms with Gasteiger partial charge in [0.15, 0.2) is 11.5 Å². The number of rotatable bonds is 3. The predicted octanol–water partition coefficient (Wildman–Crippen LogP) is 4.19. The van der Waals surface area contributed by atoms with E-state index in [1.165, 1.54) is 12.1 Å². The zero-order valence-corrected chi connectivity index (χ0v) is 13.9. The van der Waals surface area contributed by atoms with E-state index in [-0.39, 0.29) is 17.1 Å². The van der Waals surface area contributed by atoms with Gasteiger partial charge in [0.05, 0.1) is 6.54 Å². The molecule has 0 spiro atoms. The van der Waals surface area contributed by atoms with Crippen molar-refractivity contribution in [3.8, 4) is 22.6 Å². The van der Waals surface area contributed by atoms with Gasteiger partial charge >= 0.3 is 6.29 Å². The van der Waals surface area contributed by atoms with E-state index in [0.29, 0.717) is 23.2 Å². The Kier molecular flexibility index (Phi) is 3.76. The SMILES string of the molecule is Cc1cc(=O)n(Cc2ccccc2)cc1-c1cccc2c1OC(F)(F)O2. The van der Waals surface area contributed by atoms with E-state index >= 15 is 0 Å². The molecular weight excluding hydrogens is 340 g/mol. The fourth-order valence-electron chi connectivity index (χ4n) is 3.03. The van der Waals surface area contributed by atoms with Crippen LogP contribution in [0, 0.1) is 6.92 Å². The lowest BCUT2D eigenvalue weighted by Crippen LogP contribution is -2.26. The maximum atomic E-state index is 13.5. The first kappa shape index (κ1) is 16.3. The van der Waals surface area contributed by atoms with E-state index < -0.39 is 6.29 Å². The van der Waals surface area contributed by atoms with Crippen molar-refractivity contribution in [2.45, 2.75) is 19.8 Å². The van der Waals surface area contributed by atoms with Crippen LogP contribution in [0.15, 0.2) is 65.6 Å². The first-order valence-corrected chi connectivity index (χ1v) is 8.07. The molecule has 132 valence electrons. The summed E-state index contributed by atoms with van der Waals surface area (Å²) >= 11 is 0. The highest BCUT2D eigenvalue weighted by atomic mass is 19.3. The Morgan fingerprint density at radius 3 is 2.54 bits per heavy atom. The van der Waals surface area contributed by atoms with Crippen molar-refractivity contribution >= 4 is 0 Å². The molecule has 0 unspecified atom stereocenters. The molecular formula is C20H15F2NO3. The van der Waals surface area contributed by atoms with Crippen LogP contribution in [0.25, 0.3) is 11.1 Å². The number of ether oxygens (including phenoxy) is 2. The summed E-state index contributed by atoms with van der Waals surface area (Å²) < 4.78 is 37.7. The standard InChI is InChI=1S/C20H15F2NO3/c1-13-10-18(24)23(11-14-6-3-2-4-7-14)12-16(13)15-8-5-9-17-19(15)26-20(21,22)25-17/h2-10,12H,11H2,1H3. The largest absolute Gasteiger partial charge is 0.586 e. The van der Waals surface area contributed by atoms with Crippen LogP contribution in [0.4, 0.5) is 8.78 Å². The average molecular weight is 355 g/mol. The third kappa shape index (κ3) is 2.94. The van der Waals surface area contributed by atoms with Crippen molar-refractivity contribution in [1.29, 1.82) is 0 Å². The number of fused-ring (bicyclic) bond motifs is 1. The smallest absolute Gasteiger partial charge is 0.395 e. The molecule has 0 bridgehead atoms. The van der Waals surface area contributed by atoms with Gasteiger partial charge in [-0.25, -0.2) is 0 Å². The lowest BCUT2D eigenvalue weighted by atomic mass is 10.0. The van der Waals surface area contributed by atoms with Gasteiger partial charge in [0.25, 0.3) is 5.56 Å². The summed E-state index contributed by atoms with van der Waals surface area (Å²) in [4.78, 5) is 12.4. The Hall–Kier alpha value is -3.15. The number of benzene rings is 2. The molecule has 0 aliphatic carbocycles. The number of hydrogen-bond acceptors (Lipinski definition) is 3. The van der Waals surface area contributed by atoms with Crippen LogP contribution < -0.4 is 15.0 Å². The Morgan fingerprint density at radius 2 is 1.77 bits per heavy atom. The van der Waals surface area contributed by atoms with Crippen LogP contribution in [-0.2, 0) is 6.54 Å². The van der Waals surface area contributed by atoms with Gasteiger partial charge in [0.1, 0.15) is 0 Å². The van der Waals surface area contributed by atoms with Crippen LogP contribution >= 0.6 is 0 Å². The topological polar surface area (TPSA) is 40.5 Å². The molecule has 0 saturated heterocycles. The highest BCUT2D eigenvalue weighted by Gasteiger charge is 2.44. The first-order valence-electron chi connectivity index (χ1n) is 8.07. The Labute approximate surface area is 148 Å². The fraction of sp³-hybridized carbons (Fsp3) is 0.150. The number of para-hydroxylation sites is 1. The number of pyridine rings is 1. The monoisotopic (exact) mass is 355 g/mol. The molecule has 0 saturated carbocycles. The van der Waals surface area contributed by atoms with Crippen LogP contribution in [0.1, 0.15) is 11.1 Å². The Bertz CT molecular complexity index is 1030. The van der Waals surface area contributed by atoms with Crippen LogP contribution in [0.2, 0.25) is 0 Å². The lowest BCUT2D eigenvalue weighted by Gasteiger charge is -2.13. The van der Waals surface area contributed by atoms with Crippen molar-refractivity contribution < 1.29 is 18.3 Å². The number of halogens is 2. The van der Waals surface area contributed by atoms with Gasteiger partial charge in [-0.2, -0.15) is 0 Å². The zero-order valence-electron chi connectivity index (χ0n) is 13.9. The molecule has 6 heteroatoms. The Morgan fingerprint density at radius 1 is 1.00 bits per heavy atom. The molecule has 1 aliphatic heterocycles. The molecule has 4 rings (SSSR count). The molecule has 1 aromatic heterocycles. The van der Waals surface area contributed by atoms with Gasteiger partial charge in [-0.1, -0.05) is 42.5 Å². The third-order valence-electron chi connectivity index (χ3n) is 4.25. The molecule has 2 heterocycles. The maximum Gasteiger partial charge on any atom is 0.586 e. The van der Waals surface area contributed by atoms with E-state index in [1.807, 2.05) is 30.3 Å². The summed E-state index contributed by atoms with van der Waals surface area (Å²) in [6.45, 7) is 2.15. The minimum Gasteiger partial charge on any atom is -0.395 e. The van der Waals surface area contributed by atoms with E-state index in [0.717, 1.165) is 5.56 Å². The summed E-state index contributed by atoms with van der Waals surface area (Å²) in [6, 6.07) is 15.7. The molecule has 0 amide bonds. The second-order valence-corrected chi connectivity index (χ2v) is 6.12. The molecule has 0 N–H and O–H groups in total. The molecule has 0 radical (unpaired) electrons. The second-order valence-electron chi connectivity index (χ2n) is 6.12. The molecule has 3 aromatic rings. The molecule has 2 aromatic carbocycles. The quantitative estimate of drug-likeness (QED) is 0.707. The number of aromatic nitrogens is 1. The number of aryl methyl sites for hydroxylation is 1. The normalized spacial score (nSPS) is 14.4. The van der Waals surface area contributed by atoms with Crippen molar-refractivity contribution in [2.24, 2.45) is 0 Å². The van der Waals surface area contributed by atoms with Gasteiger partial charge in [0.2, 0.25) is 0 Å². The van der Waals surface area contributed by atoms with Crippen LogP contribution in [0.3, 0.4) is 0 Å². The molecule has 4 nitrogen and oxygen atoms in total. The van der Waals surface area contributed by atoms with Gasteiger partial charge in [0, 0.05) is 23.4 Å². The zero-order chi connectivity index (χ0) is 18.3. The van der Waals surface area contributed by atoms with Crippen LogP contribution in [0.5, 0.6) is 11.5 Å². The van der Waals surface area contributed by atoms with E-state index in [9.17, 15) is 13.6 Å². The summed E-state index contributed by atoms with van der Waals surface area (Å²) in [7, 11) is 0. The van der Waals surface area contributed by atoms with Gasteiger partial charge in [-0.15, -0.1) is 8.78 Å². The fourth-order valence-corrected chi connectivity index (χ4v) is 3.03. The summed E-state index contributed by atoms with van der Waals surface area (Å²) in [5, 5.41) is 0. The summed E-state index contributed by atoms with van der Waals surface area (Å²) in [5.41, 5.74) is 2.57. The number of alkyl halides is 2. The highest BCUT2D eigenvalue weighted by Crippen LogP contribution is 2.47. The maximum absolute atomic E-state index is 13.5. The van der Waals surface area contributed by atoms with E-state index in [4.69, 9.17) is 0 Å². The predicted molar refractivity (Wildman–Crippen MR) is 92.6 cm³/mol. The molecule has 0 atom stereocenters. The minimum absolute atomic E-state index is 0.0206. The van der Waals surface area contributed by atoms with Crippen molar-refractivity contribution in [3.05, 3.63) is 82.3 Å². The molecule has 1 aliphatic rings. The van der Waals surface area contributed by atoms with Crippen molar-refractivity contribution in [1.82, 2.24) is 4.57 Å². The van der Waals surface area contributed by atoms with Crippen LogP contribution in [-0.4, -0.2) is 10.9 Å². The van der Waals surface area contributed by atoms with E-state index in [1.54, 1.807) is 29.8 Å². The van der Waals surface area contributed by atoms with Crippen molar-refractivity contribution in [3.63, 3.8) is 0 Å². The van der Waals surface area contributed by atoms with Crippen molar-refractivity contribution in [2.75, 3.05) is 0 Å². The Balaban J connectivity index is 1.81. The number of hydrogen-bond donors (Lipinski definition) is 0. The van der Waals surface area contributed by atoms with Gasteiger partial charge < -0.3 is 14.0 Å². The lowest BCUT2D eigenvalue weighted by molar-refractivity contribution is -0.286. The first-order chi connectivity index (χ1) is 12.4. The van der Waals surface area contributed by atoms with E-state index in [2.05, 4.69) is 9.47 Å². The number of nitrogens with zero attached hydrogens (tertiary/aromatic N) is 1. The molecule has 0 fully saturated rings. The second kappa shape index (κ2) is 5.98. The summed E-state index contributed by atoms with van der Waals surface area (Å²) in [5.74, 6) is -0.0433. The highest BCUT2D eigenvalue weighted by molar-refractivity contribution is 5.76. The average Bonchev–Trinajstić information content (AvgIpc) is 2.92. The molecule has 26 heavy (non-hydrogen) atoms. The van der Waals surface area contributed by atoms with Gasteiger partial charge in [-0.05, 0) is 24.1 Å². The summed E-state index contributed by atoms with van der Waals surface area (Å²) in [6.07, 6.45) is -2.02. The third-order valence-corrected chi connectivity index (χ3v) is 4.25. The van der Waals surface area contributed by atoms with Gasteiger partial charge in [-0.3, -0.25) is 4.79 Å². The minimum atomic E-state index is -3.69.